The van der Waals surface area contributed by atoms with Crippen LogP contribution in [0.2, 0.25) is 0 Å². The summed E-state index contributed by atoms with van der Waals surface area (Å²) in [5, 5.41) is 5.28. The molecule has 2 heterocycles. The van der Waals surface area contributed by atoms with Gasteiger partial charge in [0.2, 0.25) is 21.8 Å². The van der Waals surface area contributed by atoms with Crippen molar-refractivity contribution in [2.75, 3.05) is 45.3 Å². The molecule has 0 aliphatic carbocycles. The van der Waals surface area contributed by atoms with E-state index in [-0.39, 0.29) is 48.5 Å². The molecule has 1 aliphatic heterocycles. The molecule has 0 saturated carbocycles. The van der Waals surface area contributed by atoms with E-state index in [4.69, 9.17) is 9.47 Å². The summed E-state index contributed by atoms with van der Waals surface area (Å²) in [5.74, 6) is -0.535. The van der Waals surface area contributed by atoms with Gasteiger partial charge in [0.05, 0.1) is 18.0 Å². The number of hydrogen-bond donors (Lipinski definition) is 2. The van der Waals surface area contributed by atoms with Crippen LogP contribution in [0.4, 0.5) is 5.69 Å². The van der Waals surface area contributed by atoms with Crippen LogP contribution in [0.25, 0.3) is 0 Å². The van der Waals surface area contributed by atoms with E-state index in [0.29, 0.717) is 12.3 Å². The highest BCUT2D eigenvalue weighted by molar-refractivity contribution is 7.89. The van der Waals surface area contributed by atoms with Crippen molar-refractivity contribution >= 4 is 27.5 Å². The molecule has 10 nitrogen and oxygen atoms in total. The highest BCUT2D eigenvalue weighted by atomic mass is 32.2. The van der Waals surface area contributed by atoms with E-state index in [1.807, 2.05) is 0 Å². The topological polar surface area (TPSA) is 127 Å². The molecular weight excluding hydrogens is 412 g/mol. The Morgan fingerprint density at radius 1 is 1.23 bits per heavy atom. The summed E-state index contributed by atoms with van der Waals surface area (Å²) in [6.45, 7) is 0.884. The number of nitrogens with one attached hydrogen (secondary N) is 2. The Bertz CT molecular complexity index is 1010. The maximum atomic E-state index is 12.7. The van der Waals surface area contributed by atoms with Crippen LogP contribution >= 0.6 is 0 Å². The van der Waals surface area contributed by atoms with E-state index in [1.165, 1.54) is 30.5 Å². The molecule has 0 bridgehead atoms. The zero-order chi connectivity index (χ0) is 21.6. The second-order valence-corrected chi connectivity index (χ2v) is 8.30. The van der Waals surface area contributed by atoms with Gasteiger partial charge in [-0.2, -0.15) is 4.31 Å². The lowest BCUT2D eigenvalue weighted by Crippen LogP contribution is -2.49. The minimum absolute atomic E-state index is 0.0127. The highest BCUT2D eigenvalue weighted by Crippen LogP contribution is 2.22. The van der Waals surface area contributed by atoms with Crippen LogP contribution in [0.5, 0.6) is 5.88 Å². The molecular formula is C19H22N4O6S. The smallest absolute Gasteiger partial charge is 0.255 e. The zero-order valence-corrected chi connectivity index (χ0v) is 17.1. The van der Waals surface area contributed by atoms with Gasteiger partial charge in [-0.3, -0.25) is 9.59 Å². The molecule has 11 heteroatoms. The van der Waals surface area contributed by atoms with Crippen molar-refractivity contribution in [3.63, 3.8) is 0 Å². The summed E-state index contributed by atoms with van der Waals surface area (Å²) in [5.41, 5.74) is 0.645. The van der Waals surface area contributed by atoms with Crippen molar-refractivity contribution in [3.8, 4) is 5.88 Å². The van der Waals surface area contributed by atoms with Gasteiger partial charge in [0.15, 0.2) is 0 Å². The SMILES string of the molecule is COCCOc1ncccc1NC(=O)c1ccc(S(=O)(=O)N2CCNC(=O)C2)cc1. The number of amides is 2. The summed E-state index contributed by atoms with van der Waals surface area (Å²) in [4.78, 5) is 28.2. The number of pyridine rings is 1. The van der Waals surface area contributed by atoms with Crippen molar-refractivity contribution in [2.24, 2.45) is 0 Å². The first-order chi connectivity index (χ1) is 14.4. The molecule has 1 aromatic heterocycles. The number of carbonyl (C=O) groups excluding carboxylic acids is 2. The van der Waals surface area contributed by atoms with Crippen LogP contribution in [-0.4, -0.2) is 69.5 Å². The maximum absolute atomic E-state index is 12.7. The summed E-state index contributed by atoms with van der Waals surface area (Å²) >= 11 is 0. The van der Waals surface area contributed by atoms with Crippen molar-refractivity contribution in [3.05, 3.63) is 48.2 Å². The van der Waals surface area contributed by atoms with E-state index in [1.54, 1.807) is 19.2 Å². The molecule has 30 heavy (non-hydrogen) atoms. The predicted octanol–water partition coefficient (Wildman–Crippen LogP) is 0.480. The fourth-order valence-electron chi connectivity index (χ4n) is 2.76. The Morgan fingerprint density at radius 3 is 2.70 bits per heavy atom. The van der Waals surface area contributed by atoms with Gasteiger partial charge in [-0.15, -0.1) is 0 Å². The van der Waals surface area contributed by atoms with Crippen molar-refractivity contribution < 1.29 is 27.5 Å². The van der Waals surface area contributed by atoms with Gasteiger partial charge >= 0.3 is 0 Å². The minimum Gasteiger partial charge on any atom is -0.474 e. The molecule has 1 aliphatic rings. The first-order valence-corrected chi connectivity index (χ1v) is 10.6. The summed E-state index contributed by atoms with van der Waals surface area (Å²) in [6.07, 6.45) is 1.54. The summed E-state index contributed by atoms with van der Waals surface area (Å²) < 4.78 is 36.9. The molecule has 3 rings (SSSR count). The molecule has 2 amide bonds. The van der Waals surface area contributed by atoms with E-state index in [0.717, 1.165) is 4.31 Å². The number of sulfonamides is 1. The molecule has 0 radical (unpaired) electrons. The van der Waals surface area contributed by atoms with Gasteiger partial charge in [0.25, 0.3) is 5.91 Å². The van der Waals surface area contributed by atoms with Crippen LogP contribution in [0.1, 0.15) is 10.4 Å². The average Bonchev–Trinajstić information content (AvgIpc) is 2.75. The molecule has 1 saturated heterocycles. The van der Waals surface area contributed by atoms with E-state index >= 15 is 0 Å². The lowest BCUT2D eigenvalue weighted by atomic mass is 10.2. The number of carbonyl (C=O) groups is 2. The third kappa shape index (κ3) is 5.12. The number of rotatable bonds is 8. The normalized spacial score (nSPS) is 14.8. The van der Waals surface area contributed by atoms with E-state index in [2.05, 4.69) is 15.6 Å². The number of benzene rings is 1. The van der Waals surface area contributed by atoms with Crippen LogP contribution < -0.4 is 15.4 Å². The molecule has 160 valence electrons. The zero-order valence-electron chi connectivity index (χ0n) is 16.3. The Labute approximate surface area is 174 Å². The van der Waals surface area contributed by atoms with Crippen molar-refractivity contribution in [1.82, 2.24) is 14.6 Å². The van der Waals surface area contributed by atoms with Gasteiger partial charge in [-0.25, -0.2) is 13.4 Å². The van der Waals surface area contributed by atoms with Crippen LogP contribution in [0.15, 0.2) is 47.5 Å². The molecule has 0 atom stereocenters. The number of nitrogens with zero attached hydrogens (tertiary/aromatic N) is 2. The van der Waals surface area contributed by atoms with Crippen LogP contribution in [0, 0.1) is 0 Å². The fraction of sp³-hybridized carbons (Fsp3) is 0.316. The third-order valence-electron chi connectivity index (χ3n) is 4.30. The van der Waals surface area contributed by atoms with Gasteiger partial charge in [0, 0.05) is 32.0 Å². The Balaban J connectivity index is 1.71. The quantitative estimate of drug-likeness (QED) is 0.579. The molecule has 0 spiro atoms. The Morgan fingerprint density at radius 2 is 2.00 bits per heavy atom. The fourth-order valence-corrected chi connectivity index (χ4v) is 4.16. The minimum atomic E-state index is -3.82. The third-order valence-corrected chi connectivity index (χ3v) is 6.16. The molecule has 2 N–H and O–H groups in total. The van der Waals surface area contributed by atoms with Gasteiger partial charge in [-0.1, -0.05) is 0 Å². The maximum Gasteiger partial charge on any atom is 0.255 e. The van der Waals surface area contributed by atoms with Crippen molar-refractivity contribution in [2.45, 2.75) is 4.90 Å². The number of aromatic nitrogens is 1. The lowest BCUT2D eigenvalue weighted by Gasteiger charge is -2.25. The number of methoxy groups -OCH3 is 1. The molecule has 1 aromatic carbocycles. The monoisotopic (exact) mass is 434 g/mol. The van der Waals surface area contributed by atoms with Crippen molar-refractivity contribution in [1.29, 1.82) is 0 Å². The number of anilines is 1. The largest absolute Gasteiger partial charge is 0.474 e. The standard InChI is InChI=1S/C19H22N4O6S/c1-28-11-12-29-19-16(3-2-8-21-19)22-18(25)14-4-6-15(7-5-14)30(26,27)23-10-9-20-17(24)13-23/h2-8H,9-13H2,1H3,(H,20,24)(H,22,25). The summed E-state index contributed by atoms with van der Waals surface area (Å²) in [7, 11) is -2.27. The number of piperazine rings is 1. The number of hydrogen-bond acceptors (Lipinski definition) is 7. The first-order valence-electron chi connectivity index (χ1n) is 9.17. The Hall–Kier alpha value is -3.02. The molecule has 0 unspecified atom stereocenters. The Kier molecular flexibility index (Phi) is 6.98. The molecule has 1 fully saturated rings. The highest BCUT2D eigenvalue weighted by Gasteiger charge is 2.29. The van der Waals surface area contributed by atoms with Crippen LogP contribution in [-0.2, 0) is 19.6 Å². The van der Waals surface area contributed by atoms with Gasteiger partial charge in [-0.05, 0) is 36.4 Å². The predicted molar refractivity (Wildman–Crippen MR) is 108 cm³/mol. The van der Waals surface area contributed by atoms with Gasteiger partial charge < -0.3 is 20.1 Å². The summed E-state index contributed by atoms with van der Waals surface area (Å²) in [6, 6.07) is 8.81. The van der Waals surface area contributed by atoms with Crippen LogP contribution in [0.3, 0.4) is 0 Å². The average molecular weight is 434 g/mol. The second kappa shape index (κ2) is 9.65. The molecule has 2 aromatic rings. The first kappa shape index (κ1) is 21.7. The second-order valence-electron chi connectivity index (χ2n) is 6.36. The van der Waals surface area contributed by atoms with Gasteiger partial charge in [0.1, 0.15) is 12.3 Å². The van der Waals surface area contributed by atoms with E-state index in [9.17, 15) is 18.0 Å². The number of ether oxygens (including phenoxy) is 2. The lowest BCUT2D eigenvalue weighted by molar-refractivity contribution is -0.122. The van der Waals surface area contributed by atoms with E-state index < -0.39 is 15.9 Å².